The van der Waals surface area contributed by atoms with Crippen molar-refractivity contribution in [2.45, 2.75) is 6.61 Å². The minimum Gasteiger partial charge on any atom is -0.488 e. The molecule has 0 amide bonds. The van der Waals surface area contributed by atoms with E-state index in [4.69, 9.17) is 10.5 Å². The Kier molecular flexibility index (Phi) is 4.80. The topological polar surface area (TPSA) is 61.5 Å². The molecule has 0 aliphatic carbocycles. The highest BCUT2D eigenvalue weighted by Crippen LogP contribution is 2.25. The molecule has 0 aliphatic heterocycles. The number of hydrogen-bond acceptors (Lipinski definition) is 4. The molecular formula is C15H13BrFNO3. The maximum atomic E-state index is 13.0. The normalized spacial score (nSPS) is 10.2. The zero-order valence-corrected chi connectivity index (χ0v) is 12.8. The summed E-state index contributed by atoms with van der Waals surface area (Å²) in [5, 5.41) is 0. The molecular weight excluding hydrogens is 341 g/mol. The summed E-state index contributed by atoms with van der Waals surface area (Å²) in [6, 6.07) is 8.96. The molecule has 0 atom stereocenters. The molecule has 2 aromatic rings. The first-order valence-electron chi connectivity index (χ1n) is 6.06. The van der Waals surface area contributed by atoms with Gasteiger partial charge in [-0.2, -0.15) is 0 Å². The molecule has 2 N–H and O–H groups in total. The number of methoxy groups -OCH3 is 1. The van der Waals surface area contributed by atoms with Crippen LogP contribution in [-0.2, 0) is 11.3 Å². The SMILES string of the molecule is COC(=O)c1ccc(N)cc1OCc1ccc(F)cc1Br. The summed E-state index contributed by atoms with van der Waals surface area (Å²) < 4.78 is 23.9. The predicted molar refractivity (Wildman–Crippen MR) is 80.6 cm³/mol. The first kappa shape index (κ1) is 15.3. The Bertz CT molecular complexity index is 676. The Morgan fingerprint density at radius 2 is 2.05 bits per heavy atom. The van der Waals surface area contributed by atoms with Crippen LogP contribution in [0.25, 0.3) is 0 Å². The van der Waals surface area contributed by atoms with Crippen LogP contribution < -0.4 is 10.5 Å². The van der Waals surface area contributed by atoms with Crippen LogP contribution in [0.15, 0.2) is 40.9 Å². The number of halogens is 2. The van der Waals surface area contributed by atoms with Crippen LogP contribution >= 0.6 is 15.9 Å². The van der Waals surface area contributed by atoms with Gasteiger partial charge in [-0.3, -0.25) is 0 Å². The molecule has 2 aromatic carbocycles. The lowest BCUT2D eigenvalue weighted by Crippen LogP contribution is -2.07. The molecule has 21 heavy (non-hydrogen) atoms. The summed E-state index contributed by atoms with van der Waals surface area (Å²) in [5.41, 5.74) is 7.19. The molecule has 2 rings (SSSR count). The second kappa shape index (κ2) is 6.58. The summed E-state index contributed by atoms with van der Waals surface area (Å²) in [5.74, 6) is -0.536. The van der Waals surface area contributed by atoms with Gasteiger partial charge in [0.25, 0.3) is 0 Å². The lowest BCUT2D eigenvalue weighted by Gasteiger charge is -2.12. The van der Waals surface area contributed by atoms with Crippen molar-refractivity contribution in [2.75, 3.05) is 12.8 Å². The average Bonchev–Trinajstić information content (AvgIpc) is 2.45. The fraction of sp³-hybridized carbons (Fsp3) is 0.133. The van der Waals surface area contributed by atoms with Crippen molar-refractivity contribution in [3.05, 3.63) is 57.8 Å². The number of rotatable bonds is 4. The van der Waals surface area contributed by atoms with Crippen LogP contribution in [0, 0.1) is 5.82 Å². The molecule has 0 aromatic heterocycles. The summed E-state index contributed by atoms with van der Waals surface area (Å²) in [7, 11) is 1.29. The van der Waals surface area contributed by atoms with E-state index < -0.39 is 5.97 Å². The molecule has 6 heteroatoms. The van der Waals surface area contributed by atoms with E-state index in [2.05, 4.69) is 20.7 Å². The lowest BCUT2D eigenvalue weighted by atomic mass is 10.2. The van der Waals surface area contributed by atoms with Gasteiger partial charge in [0.05, 0.1) is 7.11 Å². The molecule has 0 aliphatic rings. The van der Waals surface area contributed by atoms with Gasteiger partial charge >= 0.3 is 5.97 Å². The number of benzene rings is 2. The molecule has 0 fully saturated rings. The van der Waals surface area contributed by atoms with Crippen molar-refractivity contribution in [1.82, 2.24) is 0 Å². The van der Waals surface area contributed by atoms with Gasteiger partial charge < -0.3 is 15.2 Å². The van der Waals surface area contributed by atoms with Gasteiger partial charge in [-0.05, 0) is 24.3 Å². The van der Waals surface area contributed by atoms with E-state index in [9.17, 15) is 9.18 Å². The third-order valence-electron chi connectivity index (χ3n) is 2.81. The zero-order valence-electron chi connectivity index (χ0n) is 11.2. The van der Waals surface area contributed by atoms with Crippen molar-refractivity contribution in [1.29, 1.82) is 0 Å². The van der Waals surface area contributed by atoms with Gasteiger partial charge in [0, 0.05) is 21.8 Å². The fourth-order valence-electron chi connectivity index (χ4n) is 1.73. The van der Waals surface area contributed by atoms with Crippen molar-refractivity contribution in [2.24, 2.45) is 0 Å². The Balaban J connectivity index is 2.23. The van der Waals surface area contributed by atoms with E-state index in [0.717, 1.165) is 5.56 Å². The highest BCUT2D eigenvalue weighted by molar-refractivity contribution is 9.10. The molecule has 0 spiro atoms. The molecule has 0 bridgehead atoms. The van der Waals surface area contributed by atoms with E-state index in [1.165, 1.54) is 25.3 Å². The van der Waals surface area contributed by atoms with Crippen LogP contribution in [0.3, 0.4) is 0 Å². The van der Waals surface area contributed by atoms with Crippen molar-refractivity contribution < 1.29 is 18.7 Å². The monoisotopic (exact) mass is 353 g/mol. The Hall–Kier alpha value is -2.08. The zero-order chi connectivity index (χ0) is 15.4. The van der Waals surface area contributed by atoms with Gasteiger partial charge in [0.2, 0.25) is 0 Å². The van der Waals surface area contributed by atoms with Crippen molar-refractivity contribution in [3.8, 4) is 5.75 Å². The van der Waals surface area contributed by atoms with E-state index in [1.807, 2.05) is 0 Å². The number of nitrogen functional groups attached to an aromatic ring is 1. The Morgan fingerprint density at radius 1 is 1.29 bits per heavy atom. The fourth-order valence-corrected chi connectivity index (χ4v) is 2.20. The second-order valence-corrected chi connectivity index (χ2v) is 5.13. The summed E-state index contributed by atoms with van der Waals surface area (Å²) in [4.78, 5) is 11.7. The molecule has 0 radical (unpaired) electrons. The number of esters is 1. The molecule has 4 nitrogen and oxygen atoms in total. The number of nitrogens with two attached hydrogens (primary N) is 1. The number of hydrogen-bond donors (Lipinski definition) is 1. The quantitative estimate of drug-likeness (QED) is 0.674. The van der Waals surface area contributed by atoms with Gasteiger partial charge in [-0.15, -0.1) is 0 Å². The molecule has 0 unspecified atom stereocenters. The van der Waals surface area contributed by atoms with Crippen LogP contribution in [0.5, 0.6) is 5.75 Å². The Morgan fingerprint density at radius 3 is 2.71 bits per heavy atom. The lowest BCUT2D eigenvalue weighted by molar-refractivity contribution is 0.0595. The van der Waals surface area contributed by atoms with Crippen LogP contribution in [0.1, 0.15) is 15.9 Å². The maximum absolute atomic E-state index is 13.0. The maximum Gasteiger partial charge on any atom is 0.341 e. The molecule has 110 valence electrons. The summed E-state index contributed by atoms with van der Waals surface area (Å²) >= 11 is 3.26. The third-order valence-corrected chi connectivity index (χ3v) is 3.55. The minimum atomic E-state index is -0.511. The Labute approximate surface area is 129 Å². The van der Waals surface area contributed by atoms with E-state index in [-0.39, 0.29) is 18.0 Å². The van der Waals surface area contributed by atoms with Crippen molar-refractivity contribution in [3.63, 3.8) is 0 Å². The largest absolute Gasteiger partial charge is 0.488 e. The minimum absolute atomic E-state index is 0.161. The first-order valence-corrected chi connectivity index (χ1v) is 6.85. The average molecular weight is 354 g/mol. The second-order valence-electron chi connectivity index (χ2n) is 4.27. The molecule has 0 heterocycles. The van der Waals surface area contributed by atoms with Crippen molar-refractivity contribution >= 4 is 27.6 Å². The van der Waals surface area contributed by atoms with Crippen LogP contribution in [0.4, 0.5) is 10.1 Å². The van der Waals surface area contributed by atoms with E-state index >= 15 is 0 Å². The number of carbonyl (C=O) groups excluding carboxylic acids is 1. The number of ether oxygens (including phenoxy) is 2. The van der Waals surface area contributed by atoms with E-state index in [1.54, 1.807) is 18.2 Å². The van der Waals surface area contributed by atoms with E-state index in [0.29, 0.717) is 15.9 Å². The van der Waals surface area contributed by atoms with Crippen LogP contribution in [-0.4, -0.2) is 13.1 Å². The summed E-state index contributed by atoms with van der Waals surface area (Å²) in [6.45, 7) is 0.161. The van der Waals surface area contributed by atoms with Crippen LogP contribution in [0.2, 0.25) is 0 Å². The smallest absolute Gasteiger partial charge is 0.341 e. The highest BCUT2D eigenvalue weighted by Gasteiger charge is 2.14. The predicted octanol–water partition coefficient (Wildman–Crippen LogP) is 3.54. The first-order chi connectivity index (χ1) is 10.0. The number of carbonyl (C=O) groups is 1. The number of anilines is 1. The third kappa shape index (κ3) is 3.72. The summed E-state index contributed by atoms with van der Waals surface area (Å²) in [6.07, 6.45) is 0. The standard InChI is InChI=1S/C15H13BrFNO3/c1-20-15(19)12-5-4-11(18)7-14(12)21-8-9-2-3-10(17)6-13(9)16/h2-7H,8,18H2,1H3. The van der Waals surface area contributed by atoms with Gasteiger partial charge in [-0.1, -0.05) is 22.0 Å². The van der Waals surface area contributed by atoms with Gasteiger partial charge in [0.1, 0.15) is 23.7 Å². The highest BCUT2D eigenvalue weighted by atomic mass is 79.9. The van der Waals surface area contributed by atoms with Gasteiger partial charge in [-0.25, -0.2) is 9.18 Å². The molecule has 0 saturated carbocycles. The molecule has 0 saturated heterocycles. The van der Waals surface area contributed by atoms with Gasteiger partial charge in [0.15, 0.2) is 0 Å².